The summed E-state index contributed by atoms with van der Waals surface area (Å²) in [6.07, 6.45) is 8.92. The van der Waals surface area contributed by atoms with Crippen LogP contribution in [0.15, 0.2) is 30.6 Å². The highest BCUT2D eigenvalue weighted by molar-refractivity contribution is 5.47. The molecule has 0 aromatic carbocycles. The molecule has 1 heterocycles. The minimum Gasteiger partial charge on any atom is -0.265 e. The molecule has 1 aromatic heterocycles. The number of allylic oxidation sites excluding steroid dienone is 1. The fourth-order valence-electron chi connectivity index (χ4n) is 0.728. The van der Waals surface area contributed by atoms with Crippen molar-refractivity contribution in [3.05, 3.63) is 36.2 Å². The summed E-state index contributed by atoms with van der Waals surface area (Å²) in [7, 11) is 0. The molecule has 0 N–H and O–H groups in total. The van der Waals surface area contributed by atoms with Crippen molar-refractivity contribution in [1.82, 2.24) is 4.98 Å². The number of hydrogen-bond donors (Lipinski definition) is 0. The van der Waals surface area contributed by atoms with Crippen molar-refractivity contribution in [2.75, 3.05) is 0 Å². The summed E-state index contributed by atoms with van der Waals surface area (Å²) < 4.78 is 0. The zero-order valence-corrected chi connectivity index (χ0v) is 6.12. The first-order chi connectivity index (χ1) is 4.93. The maximum atomic E-state index is 3.92. The maximum Gasteiger partial charge on any atom is 0.0273 e. The van der Waals surface area contributed by atoms with E-state index in [-0.39, 0.29) is 0 Å². The molecule has 0 aliphatic rings. The summed E-state index contributed by atoms with van der Waals surface area (Å²) in [5, 5.41) is 0. The highest BCUT2D eigenvalue weighted by Crippen LogP contribution is 1.99. The smallest absolute Gasteiger partial charge is 0.0273 e. The van der Waals surface area contributed by atoms with E-state index in [1.807, 2.05) is 12.1 Å². The van der Waals surface area contributed by atoms with Crippen molar-refractivity contribution in [2.45, 2.75) is 13.3 Å². The van der Waals surface area contributed by atoms with E-state index < -0.39 is 0 Å². The van der Waals surface area contributed by atoms with Crippen LogP contribution in [0.25, 0.3) is 6.08 Å². The fraction of sp³-hybridized carbons (Fsp3) is 0.222. The predicted octanol–water partition coefficient (Wildman–Crippen LogP) is 2.50. The number of nitrogens with zero attached hydrogens (tertiary/aromatic N) is 1. The summed E-state index contributed by atoms with van der Waals surface area (Å²) in [6, 6.07) is 3.98. The molecule has 1 rings (SSSR count). The first-order valence-corrected chi connectivity index (χ1v) is 3.50. The summed E-state index contributed by atoms with van der Waals surface area (Å²) in [5.41, 5.74) is 1.22. The zero-order chi connectivity index (χ0) is 7.23. The lowest BCUT2D eigenvalue weighted by Gasteiger charge is -1.87. The number of hydrogen-bond acceptors (Lipinski definition) is 1. The number of rotatable bonds is 2. The first-order valence-electron chi connectivity index (χ1n) is 3.50. The molecule has 0 aliphatic heterocycles. The molecule has 0 atom stereocenters. The second-order valence-electron chi connectivity index (χ2n) is 2.09. The predicted molar refractivity (Wildman–Crippen MR) is 43.6 cm³/mol. The lowest BCUT2D eigenvalue weighted by molar-refractivity contribution is 1.23. The van der Waals surface area contributed by atoms with Crippen molar-refractivity contribution in [2.24, 2.45) is 0 Å². The van der Waals surface area contributed by atoms with Crippen LogP contribution in [0.5, 0.6) is 0 Å². The maximum absolute atomic E-state index is 3.92. The van der Waals surface area contributed by atoms with E-state index in [1.165, 1.54) is 5.56 Å². The van der Waals surface area contributed by atoms with E-state index in [4.69, 9.17) is 0 Å². The van der Waals surface area contributed by atoms with Crippen LogP contribution in [-0.4, -0.2) is 4.98 Å². The van der Waals surface area contributed by atoms with Crippen LogP contribution in [0.2, 0.25) is 0 Å². The molecule has 1 aromatic rings. The first kappa shape index (κ1) is 7.00. The van der Waals surface area contributed by atoms with Crippen LogP contribution in [0.4, 0.5) is 0 Å². The third-order valence-corrected chi connectivity index (χ3v) is 1.25. The van der Waals surface area contributed by atoms with Gasteiger partial charge in [-0.25, -0.2) is 0 Å². The Kier molecular flexibility index (Phi) is 2.68. The normalized spacial score (nSPS) is 10.5. The molecule has 10 heavy (non-hydrogen) atoms. The van der Waals surface area contributed by atoms with Crippen LogP contribution in [0.1, 0.15) is 18.9 Å². The fourth-order valence-corrected chi connectivity index (χ4v) is 0.728. The van der Waals surface area contributed by atoms with Crippen LogP contribution in [0, 0.1) is 0 Å². The Labute approximate surface area is 61.4 Å². The Morgan fingerprint density at radius 1 is 1.40 bits per heavy atom. The Bertz CT molecular complexity index is 201. The van der Waals surface area contributed by atoms with Crippen molar-refractivity contribution in [1.29, 1.82) is 0 Å². The lowest BCUT2D eigenvalue weighted by Crippen LogP contribution is -1.71. The lowest BCUT2D eigenvalue weighted by atomic mass is 10.2. The second kappa shape index (κ2) is 3.83. The van der Waals surface area contributed by atoms with Gasteiger partial charge in [-0.2, -0.15) is 0 Å². The van der Waals surface area contributed by atoms with Gasteiger partial charge in [-0.15, -0.1) is 0 Å². The molecule has 1 nitrogen and oxygen atoms in total. The van der Waals surface area contributed by atoms with Crippen molar-refractivity contribution in [3.8, 4) is 0 Å². The Morgan fingerprint density at radius 2 is 2.10 bits per heavy atom. The monoisotopic (exact) mass is 133 g/mol. The average Bonchev–Trinajstić information content (AvgIpc) is 2.03. The second-order valence-corrected chi connectivity index (χ2v) is 2.09. The third kappa shape index (κ3) is 2.02. The van der Waals surface area contributed by atoms with Gasteiger partial charge < -0.3 is 0 Å². The van der Waals surface area contributed by atoms with Crippen molar-refractivity contribution < 1.29 is 0 Å². The van der Waals surface area contributed by atoms with Gasteiger partial charge in [-0.05, 0) is 24.1 Å². The van der Waals surface area contributed by atoms with Crippen LogP contribution < -0.4 is 0 Å². The van der Waals surface area contributed by atoms with Gasteiger partial charge in [-0.3, -0.25) is 4.98 Å². The van der Waals surface area contributed by atoms with Crippen LogP contribution in [-0.2, 0) is 0 Å². The molecule has 0 unspecified atom stereocenters. The molecule has 1 heteroatoms. The standard InChI is InChI=1S/C9H11N/c1-2-3-4-9-5-7-10-8-6-9/h3-8H,2H2,1H3/b4-3+. The van der Waals surface area contributed by atoms with Crippen LogP contribution in [0.3, 0.4) is 0 Å². The summed E-state index contributed by atoms with van der Waals surface area (Å²) in [5.74, 6) is 0. The number of aromatic nitrogens is 1. The minimum absolute atomic E-state index is 1.09. The summed E-state index contributed by atoms with van der Waals surface area (Å²) in [6.45, 7) is 2.12. The molecule has 0 bridgehead atoms. The molecule has 0 radical (unpaired) electrons. The largest absolute Gasteiger partial charge is 0.265 e. The van der Waals surface area contributed by atoms with Gasteiger partial charge in [0, 0.05) is 12.4 Å². The molecule has 0 saturated carbocycles. The molecule has 0 saturated heterocycles. The summed E-state index contributed by atoms with van der Waals surface area (Å²) in [4.78, 5) is 3.92. The van der Waals surface area contributed by atoms with Gasteiger partial charge in [0.2, 0.25) is 0 Å². The van der Waals surface area contributed by atoms with Crippen molar-refractivity contribution in [3.63, 3.8) is 0 Å². The molecule has 0 amide bonds. The third-order valence-electron chi connectivity index (χ3n) is 1.25. The highest BCUT2D eigenvalue weighted by atomic mass is 14.6. The van der Waals surface area contributed by atoms with E-state index in [0.29, 0.717) is 0 Å². The Morgan fingerprint density at radius 3 is 2.70 bits per heavy atom. The zero-order valence-electron chi connectivity index (χ0n) is 6.12. The molecule has 0 fully saturated rings. The molecular weight excluding hydrogens is 122 g/mol. The molecular formula is C9H11N. The van der Waals surface area contributed by atoms with Gasteiger partial charge in [0.05, 0.1) is 0 Å². The average molecular weight is 133 g/mol. The van der Waals surface area contributed by atoms with E-state index in [2.05, 4.69) is 24.1 Å². The number of pyridine rings is 1. The Balaban J connectivity index is 2.67. The van der Waals surface area contributed by atoms with E-state index >= 15 is 0 Å². The minimum atomic E-state index is 1.09. The Hall–Kier alpha value is -1.11. The highest BCUT2D eigenvalue weighted by Gasteiger charge is 1.79. The van der Waals surface area contributed by atoms with Gasteiger partial charge in [-0.1, -0.05) is 19.1 Å². The van der Waals surface area contributed by atoms with E-state index in [9.17, 15) is 0 Å². The van der Waals surface area contributed by atoms with Crippen molar-refractivity contribution >= 4 is 6.08 Å². The van der Waals surface area contributed by atoms with Gasteiger partial charge in [0.25, 0.3) is 0 Å². The van der Waals surface area contributed by atoms with Gasteiger partial charge in [0.15, 0.2) is 0 Å². The van der Waals surface area contributed by atoms with E-state index in [0.717, 1.165) is 6.42 Å². The molecule has 52 valence electrons. The van der Waals surface area contributed by atoms with Gasteiger partial charge >= 0.3 is 0 Å². The summed E-state index contributed by atoms with van der Waals surface area (Å²) >= 11 is 0. The van der Waals surface area contributed by atoms with E-state index in [1.54, 1.807) is 12.4 Å². The molecule has 0 spiro atoms. The van der Waals surface area contributed by atoms with Gasteiger partial charge in [0.1, 0.15) is 0 Å². The SMILES string of the molecule is CC/C=C/c1ccncc1. The quantitative estimate of drug-likeness (QED) is 0.604. The van der Waals surface area contributed by atoms with Crippen LogP contribution >= 0.6 is 0 Å². The molecule has 0 aliphatic carbocycles. The topological polar surface area (TPSA) is 12.9 Å².